The van der Waals surface area contributed by atoms with Crippen molar-refractivity contribution in [3.63, 3.8) is 0 Å². The molecule has 4 heterocycles. The van der Waals surface area contributed by atoms with Crippen LogP contribution in [-0.2, 0) is 37.8 Å². The summed E-state index contributed by atoms with van der Waals surface area (Å²) in [6.45, 7) is 7.42. The second kappa shape index (κ2) is 15.9. The summed E-state index contributed by atoms with van der Waals surface area (Å²) in [5.74, 6) is -1.12. The van der Waals surface area contributed by atoms with Gasteiger partial charge in [-0.3, -0.25) is 19.3 Å². The highest BCUT2D eigenvalue weighted by Gasteiger charge is 2.67. The number of rotatable bonds is 11. The van der Waals surface area contributed by atoms with Crippen LogP contribution in [0.5, 0.6) is 0 Å². The Morgan fingerprint density at radius 1 is 0.931 bits per heavy atom. The Morgan fingerprint density at radius 3 is 2.26 bits per heavy atom. The van der Waals surface area contributed by atoms with Crippen molar-refractivity contribution in [3.05, 3.63) is 125 Å². The van der Waals surface area contributed by atoms with E-state index in [1.807, 2.05) is 90.7 Å². The molecular formula is C45H51ClFN5O5Si. The number of carbonyl (C=O) groups excluding carboxylic acids is 3. The molecule has 4 aliphatic heterocycles. The van der Waals surface area contributed by atoms with E-state index in [1.54, 1.807) is 35.0 Å². The highest BCUT2D eigenvalue weighted by atomic mass is 35.5. The van der Waals surface area contributed by atoms with Gasteiger partial charge in [0.25, 0.3) is 11.8 Å². The number of carbonyl (C=O) groups is 3. The third kappa shape index (κ3) is 7.02. The number of amides is 3. The molecule has 3 amide bonds. The fourth-order valence-corrected chi connectivity index (χ4v) is 12.7. The van der Waals surface area contributed by atoms with Gasteiger partial charge in [0.1, 0.15) is 5.54 Å². The van der Waals surface area contributed by atoms with E-state index >= 15 is 8.90 Å². The number of hydrogen-bond donors (Lipinski definition) is 2. The summed E-state index contributed by atoms with van der Waals surface area (Å²) in [5.41, 5.74) is 1.87. The minimum atomic E-state index is -3.55. The number of nitrogens with one attached hydrogen (secondary N) is 1. The molecule has 3 fully saturated rings. The lowest BCUT2D eigenvalue weighted by molar-refractivity contribution is -0.150. The first-order chi connectivity index (χ1) is 27.9. The zero-order chi connectivity index (χ0) is 40.8. The van der Waals surface area contributed by atoms with E-state index in [0.29, 0.717) is 35.8 Å². The van der Waals surface area contributed by atoms with E-state index in [9.17, 15) is 14.7 Å². The van der Waals surface area contributed by atoms with Crippen LogP contribution in [0.1, 0.15) is 42.9 Å². The average molecular weight is 824 g/mol. The Kier molecular flexibility index (Phi) is 11.0. The van der Waals surface area contributed by atoms with Gasteiger partial charge in [-0.25, -0.2) is 0 Å². The molecule has 0 aliphatic carbocycles. The summed E-state index contributed by atoms with van der Waals surface area (Å²) in [4.78, 5) is 50.6. The largest absolute Gasteiger partial charge is 0.395 e. The number of anilines is 3. The summed E-state index contributed by atoms with van der Waals surface area (Å²) >= 11 is 6.61. The van der Waals surface area contributed by atoms with Crippen LogP contribution < -0.4 is 20.0 Å². The number of para-hydroxylation sites is 1. The molecule has 0 bridgehead atoms. The summed E-state index contributed by atoms with van der Waals surface area (Å²) < 4.78 is 23.4. The highest BCUT2D eigenvalue weighted by molar-refractivity contribution is 6.72. The molecule has 13 heteroatoms. The number of aliphatic hydroxyl groups is 1. The molecule has 2 spiro atoms. The second-order valence-electron chi connectivity index (χ2n) is 16.6. The average Bonchev–Trinajstić information content (AvgIpc) is 3.76. The minimum Gasteiger partial charge on any atom is -0.395 e. The standard InChI is InChI=1S/C45H51ClFN5O5Si/c1-31-41(58(2,3)47)39(27-40(54)49(24-25-53)28-32-10-6-4-7-11-32)57-45(31)37-26-34(46)16-19-38(37)50(43(45)56)29-33-14-17-35(18-15-33)51-30-52(36-12-8-5-9-13-36)44(42(51)55)20-22-48-23-21-44/h4-19,26,31,39,41,48,53H,20-25,27-30H2,1-3H3/t31-,39+,41-,45+/m0/s1. The van der Waals surface area contributed by atoms with E-state index in [1.165, 1.54) is 0 Å². The summed E-state index contributed by atoms with van der Waals surface area (Å²) in [5, 5.41) is 13.7. The van der Waals surface area contributed by atoms with Gasteiger partial charge < -0.3 is 34.0 Å². The van der Waals surface area contributed by atoms with Gasteiger partial charge >= 0.3 is 0 Å². The van der Waals surface area contributed by atoms with Crippen molar-refractivity contribution in [2.75, 3.05) is 47.6 Å². The zero-order valence-corrected chi connectivity index (χ0v) is 35.0. The van der Waals surface area contributed by atoms with Gasteiger partial charge in [-0.05, 0) is 92.6 Å². The number of piperidine rings is 1. The van der Waals surface area contributed by atoms with Gasteiger partial charge in [-0.2, -0.15) is 0 Å². The number of halogens is 2. The number of fused-ring (bicyclic) bond motifs is 2. The van der Waals surface area contributed by atoms with Crippen molar-refractivity contribution in [3.8, 4) is 0 Å². The molecule has 0 radical (unpaired) electrons. The third-order valence-electron chi connectivity index (χ3n) is 12.8. The fraction of sp³-hybridized carbons (Fsp3) is 0.400. The Bertz CT molecular complexity index is 2150. The molecule has 10 nitrogen and oxygen atoms in total. The normalized spacial score (nSPS) is 24.0. The van der Waals surface area contributed by atoms with E-state index in [4.69, 9.17) is 16.3 Å². The van der Waals surface area contributed by atoms with E-state index in [2.05, 4.69) is 22.3 Å². The Balaban J connectivity index is 1.06. The smallest absolute Gasteiger partial charge is 0.264 e. The van der Waals surface area contributed by atoms with Crippen LogP contribution in [0, 0.1) is 5.92 Å². The Labute approximate surface area is 345 Å². The number of benzene rings is 4. The zero-order valence-electron chi connectivity index (χ0n) is 33.2. The second-order valence-corrected chi connectivity index (χ2v) is 20.9. The first-order valence-corrected chi connectivity index (χ1v) is 23.6. The lowest BCUT2D eigenvalue weighted by Gasteiger charge is -2.39. The maximum atomic E-state index is 16.5. The van der Waals surface area contributed by atoms with Crippen LogP contribution in [0.15, 0.2) is 103 Å². The van der Waals surface area contributed by atoms with Crippen LogP contribution >= 0.6 is 11.6 Å². The van der Waals surface area contributed by atoms with Crippen LogP contribution in [0.3, 0.4) is 0 Å². The lowest BCUT2D eigenvalue weighted by Crippen LogP contribution is -2.55. The quantitative estimate of drug-likeness (QED) is 0.124. The van der Waals surface area contributed by atoms with Gasteiger partial charge in [-0.15, -0.1) is 0 Å². The molecule has 304 valence electrons. The molecule has 4 atom stereocenters. The predicted molar refractivity (Wildman–Crippen MR) is 227 cm³/mol. The number of aliphatic hydroxyl groups excluding tert-OH is 1. The minimum absolute atomic E-state index is 0.0851. The topological polar surface area (TPSA) is 106 Å². The monoisotopic (exact) mass is 823 g/mol. The van der Waals surface area contributed by atoms with Crippen molar-refractivity contribution in [2.45, 2.75) is 75.2 Å². The molecule has 4 aromatic carbocycles. The molecule has 4 aliphatic rings. The number of nitrogens with zero attached hydrogens (tertiary/aromatic N) is 4. The SMILES string of the molecule is C[C@H]1[C@H]([Si](C)(C)F)[C@@H](CC(=O)N(CCO)Cc2ccccc2)O[C@]12C(=O)N(Cc1ccc(N3CN(c4ccccc4)C4(CCNCC4)C3=O)cc1)c1ccc(Cl)cc12. The molecule has 4 aromatic rings. The third-order valence-corrected chi connectivity index (χ3v) is 15.5. The maximum Gasteiger partial charge on any atom is 0.264 e. The Hall–Kier alpha value is -4.59. The van der Waals surface area contributed by atoms with Crippen LogP contribution in [0.25, 0.3) is 0 Å². The molecule has 0 saturated carbocycles. The van der Waals surface area contributed by atoms with Gasteiger partial charge in [0.2, 0.25) is 14.3 Å². The van der Waals surface area contributed by atoms with Gasteiger partial charge in [-0.1, -0.05) is 79.2 Å². The maximum absolute atomic E-state index is 16.5. The van der Waals surface area contributed by atoms with E-state index in [0.717, 1.165) is 35.6 Å². The summed E-state index contributed by atoms with van der Waals surface area (Å²) in [7, 11) is -3.55. The first kappa shape index (κ1) is 40.2. The van der Waals surface area contributed by atoms with Crippen LogP contribution in [0.2, 0.25) is 23.7 Å². The lowest BCUT2D eigenvalue weighted by atomic mass is 9.82. The van der Waals surface area contributed by atoms with E-state index < -0.39 is 37.1 Å². The van der Waals surface area contributed by atoms with E-state index in [-0.39, 0.29) is 50.4 Å². The highest BCUT2D eigenvalue weighted by Crippen LogP contribution is 2.60. The van der Waals surface area contributed by atoms with Crippen molar-refractivity contribution >= 4 is 54.8 Å². The van der Waals surface area contributed by atoms with Crippen LogP contribution in [-0.4, -0.2) is 80.7 Å². The molecular weight excluding hydrogens is 773 g/mol. The fourth-order valence-electron chi connectivity index (χ4n) is 10.0. The predicted octanol–water partition coefficient (Wildman–Crippen LogP) is 7.01. The van der Waals surface area contributed by atoms with Crippen molar-refractivity contribution in [1.29, 1.82) is 0 Å². The molecule has 2 N–H and O–H groups in total. The van der Waals surface area contributed by atoms with Gasteiger partial charge in [0.15, 0.2) is 5.60 Å². The number of hydrogen-bond acceptors (Lipinski definition) is 7. The molecule has 8 rings (SSSR count). The van der Waals surface area contributed by atoms with Crippen LogP contribution in [0.4, 0.5) is 21.2 Å². The van der Waals surface area contributed by atoms with Gasteiger partial charge in [0.05, 0.1) is 38.0 Å². The summed E-state index contributed by atoms with van der Waals surface area (Å²) in [6.07, 6.45) is 0.413. The Morgan fingerprint density at radius 2 is 1.60 bits per heavy atom. The van der Waals surface area contributed by atoms with Crippen molar-refractivity contribution in [1.82, 2.24) is 10.2 Å². The molecule has 0 aromatic heterocycles. The number of ether oxygens (including phenoxy) is 1. The van der Waals surface area contributed by atoms with Crippen molar-refractivity contribution < 1.29 is 28.3 Å². The summed E-state index contributed by atoms with van der Waals surface area (Å²) in [6, 6.07) is 32.6. The first-order valence-electron chi connectivity index (χ1n) is 20.2. The molecule has 3 saturated heterocycles. The van der Waals surface area contributed by atoms with Gasteiger partial charge in [0, 0.05) is 46.5 Å². The molecule has 58 heavy (non-hydrogen) atoms. The van der Waals surface area contributed by atoms with Crippen molar-refractivity contribution in [2.24, 2.45) is 5.92 Å². The molecule has 0 unspecified atom stereocenters.